The molecule has 18 heavy (non-hydrogen) atoms. The second kappa shape index (κ2) is 5.89. The zero-order chi connectivity index (χ0) is 12.4. The molecule has 104 valence electrons. The molecular weight excluding hydrogens is 222 g/mol. The molecule has 0 bridgehead atoms. The maximum absolute atomic E-state index is 3.73. The van der Waals surface area contributed by atoms with Gasteiger partial charge in [-0.05, 0) is 58.7 Å². The Morgan fingerprint density at radius 1 is 1.06 bits per heavy atom. The first kappa shape index (κ1) is 12.9. The van der Waals surface area contributed by atoms with Gasteiger partial charge in [0, 0.05) is 31.2 Å². The predicted octanol–water partition coefficient (Wildman–Crippen LogP) is 1.69. The van der Waals surface area contributed by atoms with Crippen molar-refractivity contribution in [2.45, 2.75) is 63.1 Å². The van der Waals surface area contributed by atoms with Gasteiger partial charge in [0.25, 0.3) is 0 Å². The van der Waals surface area contributed by atoms with Crippen LogP contribution in [0.5, 0.6) is 0 Å². The highest BCUT2D eigenvalue weighted by atomic mass is 15.3. The molecule has 1 aliphatic carbocycles. The van der Waals surface area contributed by atoms with E-state index in [9.17, 15) is 0 Å². The first-order chi connectivity index (χ1) is 8.83. The zero-order valence-corrected chi connectivity index (χ0v) is 11.9. The number of likely N-dealkylation sites (N-methyl/N-ethyl adjacent to an activating group) is 1. The number of hydrogen-bond donors (Lipinski definition) is 1. The lowest BCUT2D eigenvalue weighted by molar-refractivity contribution is 0.0916. The molecule has 3 nitrogen and oxygen atoms in total. The molecule has 0 radical (unpaired) electrons. The number of piperidine rings is 2. The van der Waals surface area contributed by atoms with Crippen molar-refractivity contribution in [2.75, 3.05) is 33.2 Å². The zero-order valence-electron chi connectivity index (χ0n) is 11.9. The summed E-state index contributed by atoms with van der Waals surface area (Å²) in [7, 11) is 2.29. The average molecular weight is 251 g/mol. The van der Waals surface area contributed by atoms with Gasteiger partial charge in [0.05, 0.1) is 0 Å². The van der Waals surface area contributed by atoms with E-state index in [1.54, 1.807) is 0 Å². The summed E-state index contributed by atoms with van der Waals surface area (Å²) >= 11 is 0. The van der Waals surface area contributed by atoms with Crippen molar-refractivity contribution in [3.05, 3.63) is 0 Å². The number of rotatable bonds is 4. The normalized spacial score (nSPS) is 35.0. The largest absolute Gasteiger partial charge is 0.313 e. The van der Waals surface area contributed by atoms with E-state index >= 15 is 0 Å². The van der Waals surface area contributed by atoms with Gasteiger partial charge >= 0.3 is 0 Å². The Morgan fingerprint density at radius 3 is 2.61 bits per heavy atom. The molecule has 2 atom stereocenters. The highest BCUT2D eigenvalue weighted by Crippen LogP contribution is 2.31. The van der Waals surface area contributed by atoms with Gasteiger partial charge < -0.3 is 10.2 Å². The van der Waals surface area contributed by atoms with Crippen molar-refractivity contribution in [2.24, 2.45) is 0 Å². The molecule has 2 aliphatic heterocycles. The van der Waals surface area contributed by atoms with E-state index in [1.165, 1.54) is 71.1 Å². The molecule has 0 aromatic rings. The minimum atomic E-state index is 0.770. The molecule has 0 aromatic carbocycles. The second-order valence-corrected chi connectivity index (χ2v) is 6.63. The Bertz CT molecular complexity index is 258. The summed E-state index contributed by atoms with van der Waals surface area (Å²) in [6, 6.07) is 2.52. The highest BCUT2D eigenvalue weighted by molar-refractivity contribution is 4.93. The lowest BCUT2D eigenvalue weighted by atomic mass is 10.0. The van der Waals surface area contributed by atoms with Gasteiger partial charge in [0.15, 0.2) is 0 Å². The third kappa shape index (κ3) is 3.25. The van der Waals surface area contributed by atoms with Crippen molar-refractivity contribution in [1.82, 2.24) is 15.1 Å². The van der Waals surface area contributed by atoms with Gasteiger partial charge in [-0.25, -0.2) is 0 Å². The molecule has 0 spiro atoms. The summed E-state index contributed by atoms with van der Waals surface area (Å²) in [5.41, 5.74) is 0. The van der Waals surface area contributed by atoms with E-state index in [0.717, 1.165) is 18.1 Å². The quantitative estimate of drug-likeness (QED) is 0.820. The smallest absolute Gasteiger partial charge is 0.0227 e. The van der Waals surface area contributed by atoms with Crippen LogP contribution in [0.1, 0.15) is 44.9 Å². The van der Waals surface area contributed by atoms with Crippen LogP contribution in [-0.4, -0.2) is 61.2 Å². The standard InChI is InChI=1S/C15H29N3/c1-17-10-4-6-15(12-17)18(14-7-8-14)11-13-5-2-3-9-16-13/h13-16H,2-12H2,1H3. The summed E-state index contributed by atoms with van der Waals surface area (Å²) in [5.74, 6) is 0. The molecule has 3 fully saturated rings. The molecule has 3 aliphatic rings. The van der Waals surface area contributed by atoms with Crippen molar-refractivity contribution in [3.8, 4) is 0 Å². The summed E-state index contributed by atoms with van der Waals surface area (Å²) < 4.78 is 0. The molecule has 3 heteroatoms. The van der Waals surface area contributed by atoms with Crippen LogP contribution in [-0.2, 0) is 0 Å². The summed E-state index contributed by atoms with van der Waals surface area (Å²) in [4.78, 5) is 5.39. The minimum Gasteiger partial charge on any atom is -0.313 e. The number of likely N-dealkylation sites (tertiary alicyclic amines) is 1. The number of nitrogens with zero attached hydrogens (tertiary/aromatic N) is 2. The molecule has 0 aromatic heterocycles. The first-order valence-electron chi connectivity index (χ1n) is 8.00. The van der Waals surface area contributed by atoms with Crippen LogP contribution in [0, 0.1) is 0 Å². The Balaban J connectivity index is 1.56. The second-order valence-electron chi connectivity index (χ2n) is 6.63. The van der Waals surface area contributed by atoms with Crippen molar-refractivity contribution in [1.29, 1.82) is 0 Å². The average Bonchev–Trinajstić information content (AvgIpc) is 3.21. The topological polar surface area (TPSA) is 18.5 Å². The lowest BCUT2D eigenvalue weighted by Crippen LogP contribution is -2.52. The van der Waals surface area contributed by atoms with Crippen LogP contribution in [0.4, 0.5) is 0 Å². The van der Waals surface area contributed by atoms with Crippen LogP contribution in [0.2, 0.25) is 0 Å². The molecule has 3 rings (SSSR count). The maximum atomic E-state index is 3.73. The SMILES string of the molecule is CN1CCCC(N(CC2CCCCN2)C2CC2)C1. The fraction of sp³-hybridized carbons (Fsp3) is 1.00. The maximum Gasteiger partial charge on any atom is 0.0227 e. The van der Waals surface area contributed by atoms with E-state index in [-0.39, 0.29) is 0 Å². The number of nitrogens with one attached hydrogen (secondary N) is 1. The third-order valence-corrected chi connectivity index (χ3v) is 4.93. The van der Waals surface area contributed by atoms with Gasteiger partial charge in [-0.1, -0.05) is 6.42 Å². The highest BCUT2D eigenvalue weighted by Gasteiger charge is 2.36. The minimum absolute atomic E-state index is 0.770. The predicted molar refractivity (Wildman–Crippen MR) is 75.9 cm³/mol. The third-order valence-electron chi connectivity index (χ3n) is 4.93. The number of hydrogen-bond acceptors (Lipinski definition) is 3. The Morgan fingerprint density at radius 2 is 1.94 bits per heavy atom. The summed E-state index contributed by atoms with van der Waals surface area (Å²) in [5, 5.41) is 3.73. The van der Waals surface area contributed by atoms with Crippen LogP contribution in [0.3, 0.4) is 0 Å². The van der Waals surface area contributed by atoms with Crippen LogP contribution >= 0.6 is 0 Å². The van der Waals surface area contributed by atoms with E-state index in [1.807, 2.05) is 0 Å². The van der Waals surface area contributed by atoms with Gasteiger partial charge in [-0.2, -0.15) is 0 Å². The Kier molecular flexibility index (Phi) is 4.22. The molecule has 1 N–H and O–H groups in total. The van der Waals surface area contributed by atoms with Crippen LogP contribution in [0.15, 0.2) is 0 Å². The molecule has 0 amide bonds. The fourth-order valence-electron chi connectivity index (χ4n) is 3.75. The van der Waals surface area contributed by atoms with Gasteiger partial charge in [0.2, 0.25) is 0 Å². The van der Waals surface area contributed by atoms with Crippen molar-refractivity contribution < 1.29 is 0 Å². The molecular formula is C15H29N3. The Labute approximate surface area is 112 Å². The van der Waals surface area contributed by atoms with E-state index < -0.39 is 0 Å². The van der Waals surface area contributed by atoms with Gasteiger partial charge in [-0.15, -0.1) is 0 Å². The fourth-order valence-corrected chi connectivity index (χ4v) is 3.75. The molecule has 2 unspecified atom stereocenters. The van der Waals surface area contributed by atoms with Crippen LogP contribution in [0.25, 0.3) is 0 Å². The first-order valence-corrected chi connectivity index (χ1v) is 8.00. The summed E-state index contributed by atoms with van der Waals surface area (Å²) in [6.45, 7) is 5.15. The molecule has 2 heterocycles. The van der Waals surface area contributed by atoms with E-state index in [2.05, 4.69) is 22.2 Å². The Hall–Kier alpha value is -0.120. The van der Waals surface area contributed by atoms with Crippen molar-refractivity contribution in [3.63, 3.8) is 0 Å². The van der Waals surface area contributed by atoms with E-state index in [4.69, 9.17) is 0 Å². The van der Waals surface area contributed by atoms with Gasteiger partial charge in [0.1, 0.15) is 0 Å². The molecule has 1 saturated carbocycles. The monoisotopic (exact) mass is 251 g/mol. The van der Waals surface area contributed by atoms with Gasteiger partial charge in [-0.3, -0.25) is 4.90 Å². The lowest BCUT2D eigenvalue weighted by Gasteiger charge is -2.40. The van der Waals surface area contributed by atoms with Crippen LogP contribution < -0.4 is 5.32 Å². The van der Waals surface area contributed by atoms with Crippen molar-refractivity contribution >= 4 is 0 Å². The molecule has 2 saturated heterocycles. The van der Waals surface area contributed by atoms with E-state index in [0.29, 0.717) is 0 Å². The summed E-state index contributed by atoms with van der Waals surface area (Å²) in [6.07, 6.45) is 9.93.